The van der Waals surface area contributed by atoms with E-state index in [1.807, 2.05) is 35.0 Å². The number of anilines is 1. The molecule has 0 aliphatic heterocycles. The first-order chi connectivity index (χ1) is 11.7. The molecular formula is C17H18N4O2S. The summed E-state index contributed by atoms with van der Waals surface area (Å²) in [5, 5.41) is 13.8. The lowest BCUT2D eigenvalue weighted by atomic mass is 9.86. The van der Waals surface area contributed by atoms with E-state index in [1.54, 1.807) is 7.11 Å². The fraction of sp³-hybridized carbons (Fsp3) is 0.353. The van der Waals surface area contributed by atoms with E-state index in [2.05, 4.69) is 15.5 Å². The number of aromatic nitrogens is 3. The Hall–Kier alpha value is -2.41. The number of carbonyl (C=O) groups is 1. The van der Waals surface area contributed by atoms with Crippen molar-refractivity contribution in [3.05, 3.63) is 35.5 Å². The Morgan fingerprint density at radius 1 is 1.38 bits per heavy atom. The van der Waals surface area contributed by atoms with Gasteiger partial charge in [-0.25, -0.2) is 0 Å². The maximum Gasteiger partial charge on any atom is 0.246 e. The number of ether oxygens (including phenoxy) is 1. The highest BCUT2D eigenvalue weighted by molar-refractivity contribution is 7.15. The highest BCUT2D eigenvalue weighted by atomic mass is 32.1. The van der Waals surface area contributed by atoms with Crippen LogP contribution in [0.5, 0.6) is 5.75 Å². The molecule has 0 radical (unpaired) electrons. The summed E-state index contributed by atoms with van der Waals surface area (Å²) < 4.78 is 7.14. The number of fused-ring (bicyclic) bond motifs is 1. The minimum absolute atomic E-state index is 0.0976. The molecule has 1 amide bonds. The van der Waals surface area contributed by atoms with Crippen LogP contribution in [0.3, 0.4) is 0 Å². The van der Waals surface area contributed by atoms with Crippen LogP contribution in [0.2, 0.25) is 0 Å². The van der Waals surface area contributed by atoms with Crippen LogP contribution in [0.4, 0.5) is 5.13 Å². The van der Waals surface area contributed by atoms with Crippen LogP contribution in [0, 0.1) is 0 Å². The largest absolute Gasteiger partial charge is 0.497 e. The molecule has 0 spiro atoms. The third kappa shape index (κ3) is 2.87. The van der Waals surface area contributed by atoms with E-state index in [9.17, 15) is 4.79 Å². The molecule has 1 saturated carbocycles. The Balaban J connectivity index is 1.45. The summed E-state index contributed by atoms with van der Waals surface area (Å²) in [5.41, 5.74) is 0.998. The Morgan fingerprint density at radius 3 is 3.00 bits per heavy atom. The zero-order chi connectivity index (χ0) is 16.5. The van der Waals surface area contributed by atoms with Gasteiger partial charge >= 0.3 is 0 Å². The number of rotatable bonds is 5. The second-order valence-electron chi connectivity index (χ2n) is 5.99. The molecule has 3 aromatic rings. The van der Waals surface area contributed by atoms with Gasteiger partial charge in [-0.2, -0.15) is 0 Å². The van der Waals surface area contributed by atoms with Gasteiger partial charge in [-0.05, 0) is 37.1 Å². The molecule has 0 unspecified atom stereocenters. The van der Waals surface area contributed by atoms with E-state index in [0.717, 1.165) is 21.7 Å². The maximum absolute atomic E-state index is 12.3. The topological polar surface area (TPSA) is 69.0 Å². The van der Waals surface area contributed by atoms with Gasteiger partial charge in [-0.15, -0.1) is 10.2 Å². The third-order valence-corrected chi connectivity index (χ3v) is 5.43. The SMILES string of the molecule is COc1ccc2c(ccn2CC(=O)Nc2nnc(C3CCC3)s2)c1. The standard InChI is InChI=1S/C17H18N4O2S/c1-23-13-5-6-14-12(9-13)7-8-21(14)10-15(22)18-17-20-19-16(24-17)11-3-2-4-11/h5-9,11H,2-4,10H2,1H3,(H,18,20,22). The molecule has 1 fully saturated rings. The molecule has 2 aromatic heterocycles. The lowest BCUT2D eigenvalue weighted by Crippen LogP contribution is -2.18. The first-order valence-electron chi connectivity index (χ1n) is 7.99. The van der Waals surface area contributed by atoms with E-state index in [1.165, 1.54) is 30.6 Å². The molecule has 0 atom stereocenters. The molecule has 0 bridgehead atoms. The second-order valence-corrected chi connectivity index (χ2v) is 7.00. The van der Waals surface area contributed by atoms with Gasteiger partial charge in [0.15, 0.2) is 0 Å². The molecule has 6 nitrogen and oxygen atoms in total. The molecule has 7 heteroatoms. The molecule has 1 N–H and O–H groups in total. The van der Waals surface area contributed by atoms with Crippen LogP contribution in [-0.2, 0) is 11.3 Å². The van der Waals surface area contributed by atoms with E-state index in [4.69, 9.17) is 4.74 Å². The Labute approximate surface area is 143 Å². The zero-order valence-corrected chi connectivity index (χ0v) is 14.2. The highest BCUT2D eigenvalue weighted by Crippen LogP contribution is 2.38. The van der Waals surface area contributed by atoms with E-state index < -0.39 is 0 Å². The highest BCUT2D eigenvalue weighted by Gasteiger charge is 2.23. The van der Waals surface area contributed by atoms with Crippen molar-refractivity contribution >= 4 is 33.3 Å². The average Bonchev–Trinajstić information content (AvgIpc) is 3.13. The predicted octanol–water partition coefficient (Wildman–Crippen LogP) is 3.41. The summed E-state index contributed by atoms with van der Waals surface area (Å²) >= 11 is 1.49. The average molecular weight is 342 g/mol. The summed E-state index contributed by atoms with van der Waals surface area (Å²) in [6, 6.07) is 7.79. The number of nitrogens with one attached hydrogen (secondary N) is 1. The van der Waals surface area contributed by atoms with Crippen molar-refractivity contribution in [3.8, 4) is 5.75 Å². The molecule has 24 heavy (non-hydrogen) atoms. The van der Waals surface area contributed by atoms with Crippen LogP contribution >= 0.6 is 11.3 Å². The van der Waals surface area contributed by atoms with Crippen molar-refractivity contribution < 1.29 is 9.53 Å². The van der Waals surface area contributed by atoms with Crippen molar-refractivity contribution in [1.82, 2.24) is 14.8 Å². The van der Waals surface area contributed by atoms with Crippen molar-refractivity contribution in [2.75, 3.05) is 12.4 Å². The van der Waals surface area contributed by atoms with Gasteiger partial charge in [0, 0.05) is 23.0 Å². The zero-order valence-electron chi connectivity index (χ0n) is 13.4. The molecule has 1 aromatic carbocycles. The van der Waals surface area contributed by atoms with Gasteiger partial charge in [-0.1, -0.05) is 17.8 Å². The normalized spacial score (nSPS) is 14.5. The van der Waals surface area contributed by atoms with Crippen LogP contribution in [-0.4, -0.2) is 27.8 Å². The Bertz CT molecular complexity index is 882. The van der Waals surface area contributed by atoms with Gasteiger partial charge in [0.2, 0.25) is 11.0 Å². The lowest BCUT2D eigenvalue weighted by molar-refractivity contribution is -0.116. The monoisotopic (exact) mass is 342 g/mol. The van der Waals surface area contributed by atoms with Gasteiger partial charge in [0.1, 0.15) is 17.3 Å². The fourth-order valence-electron chi connectivity index (χ4n) is 2.86. The van der Waals surface area contributed by atoms with Crippen LogP contribution in [0.1, 0.15) is 30.2 Å². The molecule has 4 rings (SSSR count). The second kappa shape index (κ2) is 6.24. The maximum atomic E-state index is 12.3. The molecule has 2 heterocycles. The summed E-state index contributed by atoms with van der Waals surface area (Å²) in [6.45, 7) is 0.244. The number of hydrogen-bond donors (Lipinski definition) is 1. The van der Waals surface area contributed by atoms with Gasteiger partial charge < -0.3 is 9.30 Å². The van der Waals surface area contributed by atoms with Gasteiger partial charge in [-0.3, -0.25) is 10.1 Å². The molecular weight excluding hydrogens is 324 g/mol. The number of methoxy groups -OCH3 is 1. The number of benzene rings is 1. The summed E-state index contributed by atoms with van der Waals surface area (Å²) in [5.74, 6) is 1.25. The van der Waals surface area contributed by atoms with Crippen molar-refractivity contribution in [2.24, 2.45) is 0 Å². The van der Waals surface area contributed by atoms with E-state index in [-0.39, 0.29) is 12.5 Å². The lowest BCUT2D eigenvalue weighted by Gasteiger charge is -2.21. The van der Waals surface area contributed by atoms with Crippen LogP contribution in [0.25, 0.3) is 10.9 Å². The number of hydrogen-bond acceptors (Lipinski definition) is 5. The summed E-state index contributed by atoms with van der Waals surface area (Å²) in [6.07, 6.45) is 5.53. The number of carbonyl (C=O) groups excluding carboxylic acids is 1. The van der Waals surface area contributed by atoms with Crippen LogP contribution < -0.4 is 10.1 Å². The number of nitrogens with zero attached hydrogens (tertiary/aromatic N) is 3. The molecule has 1 aliphatic carbocycles. The first-order valence-corrected chi connectivity index (χ1v) is 8.81. The van der Waals surface area contributed by atoms with Gasteiger partial charge in [0.25, 0.3) is 0 Å². The summed E-state index contributed by atoms with van der Waals surface area (Å²) in [7, 11) is 1.64. The number of amides is 1. The van der Waals surface area contributed by atoms with Gasteiger partial charge in [0.05, 0.1) is 7.11 Å². The molecule has 124 valence electrons. The first kappa shape index (κ1) is 15.1. The predicted molar refractivity (Wildman–Crippen MR) is 93.6 cm³/mol. The smallest absolute Gasteiger partial charge is 0.246 e. The van der Waals surface area contributed by atoms with Crippen molar-refractivity contribution in [1.29, 1.82) is 0 Å². The minimum atomic E-state index is -0.0976. The third-order valence-electron chi connectivity index (χ3n) is 4.43. The molecule has 0 saturated heterocycles. The quantitative estimate of drug-likeness (QED) is 0.771. The Morgan fingerprint density at radius 2 is 2.25 bits per heavy atom. The molecule has 1 aliphatic rings. The van der Waals surface area contributed by atoms with Crippen molar-refractivity contribution in [2.45, 2.75) is 31.7 Å². The Kier molecular flexibility index (Phi) is 3.93. The fourth-order valence-corrected chi connectivity index (χ4v) is 3.79. The van der Waals surface area contributed by atoms with Crippen molar-refractivity contribution in [3.63, 3.8) is 0 Å². The summed E-state index contributed by atoms with van der Waals surface area (Å²) in [4.78, 5) is 12.3. The van der Waals surface area contributed by atoms with E-state index >= 15 is 0 Å². The minimum Gasteiger partial charge on any atom is -0.497 e. The van der Waals surface area contributed by atoms with Crippen LogP contribution in [0.15, 0.2) is 30.5 Å². The van der Waals surface area contributed by atoms with E-state index in [0.29, 0.717) is 11.0 Å².